The molecular formula is C14H28F3NO. The summed E-state index contributed by atoms with van der Waals surface area (Å²) in [5.74, 6) is 0. The molecule has 5 heteroatoms. The van der Waals surface area contributed by atoms with Crippen molar-refractivity contribution in [2.45, 2.75) is 65.6 Å². The molecule has 0 aliphatic rings. The van der Waals surface area contributed by atoms with Crippen LogP contribution >= 0.6 is 0 Å². The summed E-state index contributed by atoms with van der Waals surface area (Å²) < 4.78 is 40.2. The van der Waals surface area contributed by atoms with E-state index in [4.69, 9.17) is 0 Å². The van der Waals surface area contributed by atoms with Crippen molar-refractivity contribution in [2.24, 2.45) is 5.41 Å². The Kier molecular flexibility index (Phi) is 8.66. The van der Waals surface area contributed by atoms with Crippen LogP contribution in [0.3, 0.4) is 0 Å². The zero-order valence-electron chi connectivity index (χ0n) is 12.6. The monoisotopic (exact) mass is 283 g/mol. The van der Waals surface area contributed by atoms with E-state index in [9.17, 15) is 13.2 Å². The Morgan fingerprint density at radius 3 is 2.37 bits per heavy atom. The molecule has 0 radical (unpaired) electrons. The van der Waals surface area contributed by atoms with E-state index in [1.807, 2.05) is 0 Å². The number of alkyl halides is 3. The van der Waals surface area contributed by atoms with Gasteiger partial charge in [0.15, 0.2) is 0 Å². The van der Waals surface area contributed by atoms with Crippen LogP contribution in [0.5, 0.6) is 0 Å². The molecule has 0 aliphatic carbocycles. The average Bonchev–Trinajstić information content (AvgIpc) is 2.23. The Morgan fingerprint density at radius 1 is 1.21 bits per heavy atom. The predicted octanol–water partition coefficient (Wildman–Crippen LogP) is 4.15. The first kappa shape index (κ1) is 18.7. The third-order valence-electron chi connectivity index (χ3n) is 3.01. The molecule has 0 spiro atoms. The Labute approximate surface area is 115 Å². The first-order valence-corrected chi connectivity index (χ1v) is 7.04. The van der Waals surface area contributed by atoms with E-state index < -0.39 is 12.8 Å². The quantitative estimate of drug-likeness (QED) is 0.608. The summed E-state index contributed by atoms with van der Waals surface area (Å²) in [4.78, 5) is 0. The van der Waals surface area contributed by atoms with Gasteiger partial charge in [-0.1, -0.05) is 20.8 Å². The summed E-state index contributed by atoms with van der Waals surface area (Å²) in [6, 6.07) is 0.436. The van der Waals surface area contributed by atoms with Gasteiger partial charge in [-0.25, -0.2) is 0 Å². The first-order valence-electron chi connectivity index (χ1n) is 7.04. The fourth-order valence-electron chi connectivity index (χ4n) is 2.23. The van der Waals surface area contributed by atoms with Crippen LogP contribution in [0, 0.1) is 5.41 Å². The molecule has 0 rings (SSSR count). The van der Waals surface area contributed by atoms with Crippen molar-refractivity contribution in [3.63, 3.8) is 0 Å². The average molecular weight is 283 g/mol. The highest BCUT2D eigenvalue weighted by Crippen LogP contribution is 2.28. The zero-order valence-corrected chi connectivity index (χ0v) is 12.6. The lowest BCUT2D eigenvalue weighted by molar-refractivity contribution is -0.174. The molecule has 0 amide bonds. The summed E-state index contributed by atoms with van der Waals surface area (Å²) in [6.07, 6.45) is -0.539. The largest absolute Gasteiger partial charge is 0.411 e. The van der Waals surface area contributed by atoms with Crippen LogP contribution < -0.4 is 5.32 Å². The van der Waals surface area contributed by atoms with Gasteiger partial charge in [0.05, 0.1) is 0 Å². The second-order valence-electron chi connectivity index (χ2n) is 5.99. The molecule has 0 saturated heterocycles. The van der Waals surface area contributed by atoms with Gasteiger partial charge >= 0.3 is 6.18 Å². The van der Waals surface area contributed by atoms with Crippen molar-refractivity contribution in [1.82, 2.24) is 5.32 Å². The molecule has 0 aromatic heterocycles. The molecule has 0 fully saturated rings. The van der Waals surface area contributed by atoms with E-state index in [0.29, 0.717) is 12.5 Å². The third-order valence-corrected chi connectivity index (χ3v) is 3.01. The Hall–Kier alpha value is -0.290. The Balaban J connectivity index is 3.72. The summed E-state index contributed by atoms with van der Waals surface area (Å²) in [7, 11) is 0. The number of hydrogen-bond donors (Lipinski definition) is 1. The van der Waals surface area contributed by atoms with Crippen LogP contribution in [-0.4, -0.2) is 32.0 Å². The van der Waals surface area contributed by atoms with Gasteiger partial charge in [-0.15, -0.1) is 0 Å². The van der Waals surface area contributed by atoms with E-state index >= 15 is 0 Å². The minimum Gasteiger partial charge on any atom is -0.372 e. The topological polar surface area (TPSA) is 21.3 Å². The molecule has 116 valence electrons. The molecule has 1 atom stereocenters. The molecule has 0 aromatic rings. The highest BCUT2D eigenvalue weighted by Gasteiger charge is 2.27. The smallest absolute Gasteiger partial charge is 0.372 e. The van der Waals surface area contributed by atoms with Crippen LogP contribution in [-0.2, 0) is 4.74 Å². The van der Waals surface area contributed by atoms with Gasteiger partial charge in [0.2, 0.25) is 0 Å². The highest BCUT2D eigenvalue weighted by atomic mass is 19.4. The summed E-state index contributed by atoms with van der Waals surface area (Å²) in [5, 5.41) is 3.43. The summed E-state index contributed by atoms with van der Waals surface area (Å²) in [5.41, 5.74) is 0.127. The van der Waals surface area contributed by atoms with E-state index in [2.05, 4.69) is 37.7 Å². The zero-order chi connectivity index (χ0) is 14.9. The van der Waals surface area contributed by atoms with Gasteiger partial charge in [0.25, 0.3) is 0 Å². The molecule has 0 saturated carbocycles. The van der Waals surface area contributed by atoms with Gasteiger partial charge in [0.1, 0.15) is 6.61 Å². The first-order chi connectivity index (χ1) is 8.66. The fraction of sp³-hybridized carbons (Fsp3) is 1.00. The van der Waals surface area contributed by atoms with E-state index in [-0.39, 0.29) is 12.0 Å². The van der Waals surface area contributed by atoms with E-state index in [0.717, 1.165) is 25.8 Å². The van der Waals surface area contributed by atoms with Crippen molar-refractivity contribution in [1.29, 1.82) is 0 Å². The number of nitrogens with one attached hydrogen (secondary N) is 1. The van der Waals surface area contributed by atoms with Gasteiger partial charge in [-0.05, 0) is 44.6 Å². The minimum absolute atomic E-state index is 0.127. The SMILES string of the molecule is CCCNC(C)CC(C)(C)CCCOCC(F)(F)F. The maximum Gasteiger partial charge on any atom is 0.411 e. The summed E-state index contributed by atoms with van der Waals surface area (Å²) >= 11 is 0. The molecule has 0 heterocycles. The second-order valence-corrected chi connectivity index (χ2v) is 5.99. The van der Waals surface area contributed by atoms with Crippen molar-refractivity contribution in [2.75, 3.05) is 19.8 Å². The predicted molar refractivity (Wildman–Crippen MR) is 72.3 cm³/mol. The lowest BCUT2D eigenvalue weighted by atomic mass is 9.82. The number of halogens is 3. The second kappa shape index (κ2) is 8.80. The van der Waals surface area contributed by atoms with Gasteiger partial charge in [-0.2, -0.15) is 13.2 Å². The molecular weight excluding hydrogens is 255 g/mol. The third kappa shape index (κ3) is 12.5. The molecule has 0 bridgehead atoms. The molecule has 1 unspecified atom stereocenters. The van der Waals surface area contributed by atoms with E-state index in [1.165, 1.54) is 0 Å². The molecule has 1 N–H and O–H groups in total. The lowest BCUT2D eigenvalue weighted by Crippen LogP contribution is -2.32. The van der Waals surface area contributed by atoms with Crippen molar-refractivity contribution in [3.8, 4) is 0 Å². The number of rotatable bonds is 10. The molecule has 0 aromatic carbocycles. The number of hydrogen-bond acceptors (Lipinski definition) is 2. The molecule has 2 nitrogen and oxygen atoms in total. The van der Waals surface area contributed by atoms with Crippen LogP contribution in [0.15, 0.2) is 0 Å². The Bertz CT molecular complexity index is 229. The van der Waals surface area contributed by atoms with Crippen molar-refractivity contribution in [3.05, 3.63) is 0 Å². The summed E-state index contributed by atoms with van der Waals surface area (Å²) in [6.45, 7) is 8.63. The maximum atomic E-state index is 11.9. The van der Waals surface area contributed by atoms with Gasteiger partial charge < -0.3 is 10.1 Å². The highest BCUT2D eigenvalue weighted by molar-refractivity contribution is 4.75. The van der Waals surface area contributed by atoms with Crippen molar-refractivity contribution < 1.29 is 17.9 Å². The van der Waals surface area contributed by atoms with Crippen LogP contribution in [0.2, 0.25) is 0 Å². The normalized spacial score (nSPS) is 14.7. The van der Waals surface area contributed by atoms with Gasteiger partial charge in [0, 0.05) is 12.6 Å². The van der Waals surface area contributed by atoms with E-state index in [1.54, 1.807) is 0 Å². The fourth-order valence-corrected chi connectivity index (χ4v) is 2.23. The molecule has 0 aliphatic heterocycles. The van der Waals surface area contributed by atoms with Gasteiger partial charge in [-0.3, -0.25) is 0 Å². The van der Waals surface area contributed by atoms with Crippen LogP contribution in [0.4, 0.5) is 13.2 Å². The van der Waals surface area contributed by atoms with Crippen LogP contribution in [0.25, 0.3) is 0 Å². The van der Waals surface area contributed by atoms with Crippen molar-refractivity contribution >= 4 is 0 Å². The standard InChI is InChI=1S/C14H28F3NO/c1-5-8-18-12(2)10-13(3,4)7-6-9-19-11-14(15,16)17/h12,18H,5-11H2,1-4H3. The Morgan fingerprint density at radius 2 is 1.84 bits per heavy atom. The minimum atomic E-state index is -4.21. The molecule has 19 heavy (non-hydrogen) atoms. The number of ether oxygens (including phenoxy) is 1. The maximum absolute atomic E-state index is 11.9. The lowest BCUT2D eigenvalue weighted by Gasteiger charge is -2.28. The van der Waals surface area contributed by atoms with Crippen LogP contribution in [0.1, 0.15) is 53.4 Å².